The highest BCUT2D eigenvalue weighted by atomic mass is 16.5. The summed E-state index contributed by atoms with van der Waals surface area (Å²) in [6, 6.07) is 8.13. The predicted molar refractivity (Wildman–Crippen MR) is 68.7 cm³/mol. The number of hydrogen-bond acceptors (Lipinski definition) is 2. The summed E-state index contributed by atoms with van der Waals surface area (Å²) in [6.07, 6.45) is 1.05. The highest BCUT2D eigenvalue weighted by Crippen LogP contribution is 2.26. The third kappa shape index (κ3) is 3.53. The summed E-state index contributed by atoms with van der Waals surface area (Å²) in [4.78, 5) is 0. The van der Waals surface area contributed by atoms with Crippen molar-refractivity contribution in [2.45, 2.75) is 40.2 Å². The second kappa shape index (κ2) is 5.35. The molecule has 0 amide bonds. The van der Waals surface area contributed by atoms with Gasteiger partial charge in [0.05, 0.1) is 0 Å². The molecule has 0 fully saturated rings. The lowest BCUT2D eigenvalue weighted by Crippen LogP contribution is -2.29. The number of para-hydroxylation sites is 1. The van der Waals surface area contributed by atoms with E-state index in [9.17, 15) is 0 Å². The normalized spacial score (nSPS) is 13.6. The minimum absolute atomic E-state index is 0.149. The van der Waals surface area contributed by atoms with Crippen LogP contribution in [0.2, 0.25) is 0 Å². The van der Waals surface area contributed by atoms with Gasteiger partial charge < -0.3 is 10.5 Å². The quantitative estimate of drug-likeness (QED) is 0.848. The Labute approximate surface area is 98.8 Å². The van der Waals surface area contributed by atoms with Gasteiger partial charge in [0.25, 0.3) is 0 Å². The Morgan fingerprint density at radius 2 is 1.88 bits per heavy atom. The van der Waals surface area contributed by atoms with E-state index in [0.29, 0.717) is 6.54 Å². The van der Waals surface area contributed by atoms with Crippen LogP contribution in [0.5, 0.6) is 5.75 Å². The minimum Gasteiger partial charge on any atom is -0.490 e. The van der Waals surface area contributed by atoms with Crippen molar-refractivity contribution in [2.75, 3.05) is 6.54 Å². The molecule has 0 aromatic heterocycles. The van der Waals surface area contributed by atoms with Crippen molar-refractivity contribution in [1.29, 1.82) is 0 Å². The molecule has 2 heteroatoms. The Morgan fingerprint density at radius 1 is 1.25 bits per heavy atom. The largest absolute Gasteiger partial charge is 0.490 e. The molecular weight excluding hydrogens is 198 g/mol. The molecule has 0 bridgehead atoms. The van der Waals surface area contributed by atoms with Gasteiger partial charge in [0, 0.05) is 0 Å². The Bertz CT molecular complexity index is 328. The van der Waals surface area contributed by atoms with Gasteiger partial charge in [0.15, 0.2) is 0 Å². The fourth-order valence-corrected chi connectivity index (χ4v) is 1.35. The lowest BCUT2D eigenvalue weighted by molar-refractivity contribution is 0.102. The molecule has 0 saturated carbocycles. The Hall–Kier alpha value is -1.02. The zero-order chi connectivity index (χ0) is 12.2. The van der Waals surface area contributed by atoms with Gasteiger partial charge in [-0.15, -0.1) is 0 Å². The number of benzene rings is 1. The predicted octanol–water partition coefficient (Wildman–Crippen LogP) is 3.00. The van der Waals surface area contributed by atoms with Crippen molar-refractivity contribution in [1.82, 2.24) is 0 Å². The molecular formula is C14H23NO. The van der Waals surface area contributed by atoms with Crippen LogP contribution >= 0.6 is 0 Å². The fraction of sp³-hybridized carbons (Fsp3) is 0.571. The van der Waals surface area contributed by atoms with E-state index < -0.39 is 0 Å². The Kier molecular flexibility index (Phi) is 4.36. The van der Waals surface area contributed by atoms with E-state index in [1.54, 1.807) is 0 Å². The lowest BCUT2D eigenvalue weighted by atomic mass is 9.90. The van der Waals surface area contributed by atoms with Crippen LogP contribution in [-0.2, 0) is 6.42 Å². The van der Waals surface area contributed by atoms with Gasteiger partial charge in [-0.25, -0.2) is 0 Å². The first-order valence-electron chi connectivity index (χ1n) is 5.90. The van der Waals surface area contributed by atoms with Crippen LogP contribution in [0, 0.1) is 5.41 Å². The molecule has 0 aliphatic carbocycles. The van der Waals surface area contributed by atoms with Crippen LogP contribution in [-0.4, -0.2) is 12.6 Å². The van der Waals surface area contributed by atoms with E-state index >= 15 is 0 Å². The van der Waals surface area contributed by atoms with Crippen LogP contribution in [0.1, 0.15) is 33.3 Å². The molecule has 16 heavy (non-hydrogen) atoms. The maximum Gasteiger partial charge on any atom is 0.122 e. The molecule has 1 aromatic rings. The molecule has 1 atom stereocenters. The van der Waals surface area contributed by atoms with Crippen LogP contribution in [0.4, 0.5) is 0 Å². The van der Waals surface area contributed by atoms with Gasteiger partial charge in [-0.2, -0.15) is 0 Å². The first-order valence-corrected chi connectivity index (χ1v) is 5.90. The van der Waals surface area contributed by atoms with Crippen LogP contribution in [0.3, 0.4) is 0 Å². The minimum atomic E-state index is 0.149. The lowest BCUT2D eigenvalue weighted by Gasteiger charge is -2.28. The van der Waals surface area contributed by atoms with Crippen molar-refractivity contribution in [3.63, 3.8) is 0 Å². The molecule has 2 N–H and O–H groups in total. The summed E-state index contributed by atoms with van der Waals surface area (Å²) >= 11 is 0. The molecule has 0 aliphatic heterocycles. The van der Waals surface area contributed by atoms with E-state index in [1.807, 2.05) is 18.2 Å². The summed E-state index contributed by atoms with van der Waals surface area (Å²) in [6.45, 7) is 9.32. The van der Waals surface area contributed by atoms with Crippen molar-refractivity contribution in [3.8, 4) is 5.75 Å². The third-order valence-electron chi connectivity index (χ3n) is 2.91. The van der Waals surface area contributed by atoms with Crippen molar-refractivity contribution in [3.05, 3.63) is 29.8 Å². The van der Waals surface area contributed by atoms with E-state index in [2.05, 4.69) is 33.8 Å². The van der Waals surface area contributed by atoms with Crippen molar-refractivity contribution >= 4 is 0 Å². The number of hydrogen-bond donors (Lipinski definition) is 1. The summed E-state index contributed by atoms with van der Waals surface area (Å²) in [7, 11) is 0. The Morgan fingerprint density at radius 3 is 2.44 bits per heavy atom. The molecule has 0 radical (unpaired) electrons. The number of ether oxygens (including phenoxy) is 1. The van der Waals surface area contributed by atoms with Crippen molar-refractivity contribution in [2.24, 2.45) is 11.1 Å². The SMILES string of the molecule is CC(Oc1ccccc1CCN)C(C)(C)C. The average molecular weight is 221 g/mol. The second-order valence-electron chi connectivity index (χ2n) is 5.27. The number of rotatable bonds is 4. The zero-order valence-electron chi connectivity index (χ0n) is 10.8. The van der Waals surface area contributed by atoms with Crippen LogP contribution in [0.15, 0.2) is 24.3 Å². The molecule has 0 aliphatic rings. The van der Waals surface area contributed by atoms with E-state index in [0.717, 1.165) is 12.2 Å². The monoisotopic (exact) mass is 221 g/mol. The molecule has 1 rings (SSSR count). The Balaban J connectivity index is 2.80. The maximum atomic E-state index is 6.01. The van der Waals surface area contributed by atoms with Gasteiger partial charge in [0.1, 0.15) is 11.9 Å². The van der Waals surface area contributed by atoms with Gasteiger partial charge >= 0.3 is 0 Å². The van der Waals surface area contributed by atoms with Crippen molar-refractivity contribution < 1.29 is 4.74 Å². The molecule has 0 saturated heterocycles. The molecule has 90 valence electrons. The van der Waals surface area contributed by atoms with Crippen LogP contribution in [0.25, 0.3) is 0 Å². The molecule has 1 aromatic carbocycles. The average Bonchev–Trinajstić information content (AvgIpc) is 2.20. The molecule has 0 heterocycles. The van der Waals surface area contributed by atoms with Gasteiger partial charge in [0.2, 0.25) is 0 Å². The fourth-order valence-electron chi connectivity index (χ4n) is 1.35. The van der Waals surface area contributed by atoms with Crippen LogP contribution < -0.4 is 10.5 Å². The summed E-state index contributed by atoms with van der Waals surface area (Å²) in [5.74, 6) is 0.968. The third-order valence-corrected chi connectivity index (χ3v) is 2.91. The van der Waals surface area contributed by atoms with Gasteiger partial charge in [-0.05, 0) is 36.9 Å². The molecule has 0 spiro atoms. The summed E-state index contributed by atoms with van der Waals surface area (Å²) < 4.78 is 6.01. The number of nitrogens with two attached hydrogens (primary N) is 1. The molecule has 2 nitrogen and oxygen atoms in total. The zero-order valence-corrected chi connectivity index (χ0v) is 10.8. The maximum absolute atomic E-state index is 6.01. The first-order chi connectivity index (χ1) is 7.45. The second-order valence-corrected chi connectivity index (χ2v) is 5.27. The van der Waals surface area contributed by atoms with E-state index in [4.69, 9.17) is 10.5 Å². The molecule has 1 unspecified atom stereocenters. The smallest absolute Gasteiger partial charge is 0.122 e. The highest BCUT2D eigenvalue weighted by molar-refractivity contribution is 5.33. The summed E-state index contributed by atoms with van der Waals surface area (Å²) in [5.41, 5.74) is 6.93. The summed E-state index contributed by atoms with van der Waals surface area (Å²) in [5, 5.41) is 0. The standard InChI is InChI=1S/C14H23NO/c1-11(14(2,3)4)16-13-8-6-5-7-12(13)9-10-15/h5-8,11H,9-10,15H2,1-4H3. The first kappa shape index (κ1) is 13.0. The van der Waals surface area contributed by atoms with E-state index in [-0.39, 0.29) is 11.5 Å². The highest BCUT2D eigenvalue weighted by Gasteiger charge is 2.22. The van der Waals surface area contributed by atoms with E-state index in [1.165, 1.54) is 5.56 Å². The van der Waals surface area contributed by atoms with Gasteiger partial charge in [-0.1, -0.05) is 39.0 Å². The topological polar surface area (TPSA) is 35.2 Å². The van der Waals surface area contributed by atoms with Gasteiger partial charge in [-0.3, -0.25) is 0 Å².